The van der Waals surface area contributed by atoms with Crippen molar-refractivity contribution in [3.05, 3.63) is 58.9 Å². The van der Waals surface area contributed by atoms with Gasteiger partial charge in [-0.15, -0.1) is 0 Å². The molecular formula is C21H27ClN2O2. The van der Waals surface area contributed by atoms with Crippen molar-refractivity contribution in [3.8, 4) is 5.75 Å². The van der Waals surface area contributed by atoms with E-state index < -0.39 is 0 Å². The quantitative estimate of drug-likeness (QED) is 0.775. The summed E-state index contributed by atoms with van der Waals surface area (Å²) in [6.45, 7) is 5.22. The van der Waals surface area contributed by atoms with E-state index in [2.05, 4.69) is 22.9 Å². The largest absolute Gasteiger partial charge is 0.506 e. The number of halogens is 1. The summed E-state index contributed by atoms with van der Waals surface area (Å²) < 4.78 is 0. The van der Waals surface area contributed by atoms with Gasteiger partial charge < -0.3 is 15.1 Å². The zero-order valence-electron chi connectivity index (χ0n) is 15.2. The van der Waals surface area contributed by atoms with Crippen LogP contribution in [0.25, 0.3) is 0 Å². The smallest absolute Gasteiger partial charge is 0.133 e. The molecule has 1 aromatic heterocycles. The fourth-order valence-electron chi connectivity index (χ4n) is 3.93. The third-order valence-corrected chi connectivity index (χ3v) is 5.81. The van der Waals surface area contributed by atoms with Crippen LogP contribution in [-0.4, -0.2) is 46.3 Å². The summed E-state index contributed by atoms with van der Waals surface area (Å²) in [6, 6.07) is 11.6. The lowest BCUT2D eigenvalue weighted by Crippen LogP contribution is -2.26. The minimum atomic E-state index is 0.196. The van der Waals surface area contributed by atoms with E-state index in [1.54, 1.807) is 6.07 Å². The molecule has 1 saturated heterocycles. The number of aromatic hydroxyl groups is 1. The maximum atomic E-state index is 9.79. The van der Waals surface area contributed by atoms with Gasteiger partial charge in [0, 0.05) is 42.9 Å². The van der Waals surface area contributed by atoms with E-state index in [1.807, 2.05) is 24.3 Å². The van der Waals surface area contributed by atoms with Crippen molar-refractivity contribution in [2.45, 2.75) is 25.7 Å². The number of hydrogen-bond acceptors (Lipinski definition) is 4. The Balaban J connectivity index is 1.56. The van der Waals surface area contributed by atoms with Gasteiger partial charge in [0.25, 0.3) is 0 Å². The highest BCUT2D eigenvalue weighted by molar-refractivity contribution is 6.31. The van der Waals surface area contributed by atoms with E-state index in [0.29, 0.717) is 11.8 Å². The minimum Gasteiger partial charge on any atom is -0.506 e. The lowest BCUT2D eigenvalue weighted by atomic mass is 9.90. The summed E-state index contributed by atoms with van der Waals surface area (Å²) in [5.74, 6) is 1.29. The summed E-state index contributed by atoms with van der Waals surface area (Å²) >= 11 is 6.27. The normalized spacial score (nSPS) is 21.8. The molecule has 3 atom stereocenters. The standard InChI is InChI=1S/C21H27ClN2O2/c1-15(21-9-8-19(26)10-23-21)11-24-12-17(18(13-24)14-25)7-6-16-4-2-3-5-20(16)22/h2-5,8-10,15,17-18,25-26H,6-7,11-14H2,1H3/t15?,17-,18-/m1/s1. The first kappa shape index (κ1) is 19.2. The molecule has 0 bridgehead atoms. The maximum absolute atomic E-state index is 9.79. The molecular weight excluding hydrogens is 348 g/mol. The van der Waals surface area contributed by atoms with Crippen LogP contribution in [0.15, 0.2) is 42.6 Å². The molecule has 2 aromatic rings. The van der Waals surface area contributed by atoms with Crippen LogP contribution in [0.3, 0.4) is 0 Å². The molecule has 2 heterocycles. The van der Waals surface area contributed by atoms with Crippen LogP contribution in [0.2, 0.25) is 5.02 Å². The number of hydrogen-bond donors (Lipinski definition) is 2. The average molecular weight is 375 g/mol. The van der Waals surface area contributed by atoms with Gasteiger partial charge >= 0.3 is 0 Å². The maximum Gasteiger partial charge on any atom is 0.133 e. The first-order chi connectivity index (χ1) is 12.6. The lowest BCUT2D eigenvalue weighted by Gasteiger charge is -2.20. The monoisotopic (exact) mass is 374 g/mol. The third-order valence-electron chi connectivity index (χ3n) is 5.44. The highest BCUT2D eigenvalue weighted by Gasteiger charge is 2.32. The predicted octanol–water partition coefficient (Wildman–Crippen LogP) is 3.72. The third kappa shape index (κ3) is 4.76. The molecule has 0 spiro atoms. The van der Waals surface area contributed by atoms with Gasteiger partial charge in [-0.3, -0.25) is 4.98 Å². The molecule has 1 aliphatic heterocycles. The molecule has 3 rings (SSSR count). The average Bonchev–Trinajstić information content (AvgIpc) is 3.03. The summed E-state index contributed by atoms with van der Waals surface area (Å²) in [4.78, 5) is 6.75. The Bertz CT molecular complexity index is 707. The van der Waals surface area contributed by atoms with Gasteiger partial charge in [-0.1, -0.05) is 36.7 Å². The number of rotatable bonds is 7. The molecule has 0 amide bonds. The van der Waals surface area contributed by atoms with E-state index in [-0.39, 0.29) is 18.3 Å². The number of pyridine rings is 1. The topological polar surface area (TPSA) is 56.6 Å². The zero-order chi connectivity index (χ0) is 18.5. The van der Waals surface area contributed by atoms with Gasteiger partial charge in [-0.05, 0) is 48.4 Å². The summed E-state index contributed by atoms with van der Waals surface area (Å²) in [5, 5.41) is 20.0. The Hall–Kier alpha value is -1.62. The number of aryl methyl sites for hydroxylation is 1. The molecule has 1 unspecified atom stereocenters. The van der Waals surface area contributed by atoms with Crippen molar-refractivity contribution in [3.63, 3.8) is 0 Å². The minimum absolute atomic E-state index is 0.196. The molecule has 4 nitrogen and oxygen atoms in total. The Morgan fingerprint density at radius 1 is 1.19 bits per heavy atom. The lowest BCUT2D eigenvalue weighted by molar-refractivity contribution is 0.196. The number of aliphatic hydroxyl groups excluding tert-OH is 1. The van der Waals surface area contributed by atoms with Crippen LogP contribution in [0.1, 0.15) is 30.5 Å². The van der Waals surface area contributed by atoms with Gasteiger partial charge in [-0.25, -0.2) is 0 Å². The van der Waals surface area contributed by atoms with E-state index in [0.717, 1.165) is 43.2 Å². The van der Waals surface area contributed by atoms with Crippen molar-refractivity contribution < 1.29 is 10.2 Å². The Labute approximate surface area is 160 Å². The molecule has 140 valence electrons. The van der Waals surface area contributed by atoms with Gasteiger partial charge in [-0.2, -0.15) is 0 Å². The van der Waals surface area contributed by atoms with E-state index in [4.69, 9.17) is 11.6 Å². The Kier molecular flexibility index (Phi) is 6.52. The first-order valence-electron chi connectivity index (χ1n) is 9.28. The number of likely N-dealkylation sites (tertiary alicyclic amines) is 1. The van der Waals surface area contributed by atoms with Gasteiger partial charge in [0.2, 0.25) is 0 Å². The number of benzene rings is 1. The molecule has 1 fully saturated rings. The van der Waals surface area contributed by atoms with Gasteiger partial charge in [0.05, 0.1) is 6.20 Å². The van der Waals surface area contributed by atoms with Crippen molar-refractivity contribution in [2.75, 3.05) is 26.2 Å². The van der Waals surface area contributed by atoms with Crippen LogP contribution in [0, 0.1) is 11.8 Å². The second-order valence-electron chi connectivity index (χ2n) is 7.39. The summed E-state index contributed by atoms with van der Waals surface area (Å²) in [6.07, 6.45) is 3.49. The van der Waals surface area contributed by atoms with E-state index in [1.165, 1.54) is 11.8 Å². The highest BCUT2D eigenvalue weighted by atomic mass is 35.5. The number of aliphatic hydroxyl groups is 1. The molecule has 1 aliphatic rings. The number of aromatic nitrogens is 1. The van der Waals surface area contributed by atoms with Crippen LogP contribution in [0.5, 0.6) is 5.75 Å². The summed E-state index contributed by atoms with van der Waals surface area (Å²) in [7, 11) is 0. The second-order valence-corrected chi connectivity index (χ2v) is 7.80. The summed E-state index contributed by atoms with van der Waals surface area (Å²) in [5.41, 5.74) is 2.17. The van der Waals surface area contributed by atoms with Crippen molar-refractivity contribution in [2.24, 2.45) is 11.8 Å². The van der Waals surface area contributed by atoms with Gasteiger partial charge in [0.15, 0.2) is 0 Å². The first-order valence-corrected chi connectivity index (χ1v) is 9.66. The van der Waals surface area contributed by atoms with Crippen LogP contribution in [0.4, 0.5) is 0 Å². The van der Waals surface area contributed by atoms with Crippen LogP contribution >= 0.6 is 11.6 Å². The molecule has 5 heteroatoms. The van der Waals surface area contributed by atoms with Crippen molar-refractivity contribution in [1.29, 1.82) is 0 Å². The Morgan fingerprint density at radius 2 is 1.96 bits per heavy atom. The molecule has 26 heavy (non-hydrogen) atoms. The number of nitrogens with zero attached hydrogens (tertiary/aromatic N) is 2. The van der Waals surface area contributed by atoms with Crippen LogP contribution < -0.4 is 0 Å². The second kappa shape index (κ2) is 8.85. The molecule has 2 N–H and O–H groups in total. The van der Waals surface area contributed by atoms with Gasteiger partial charge in [0.1, 0.15) is 5.75 Å². The SMILES string of the molecule is CC(CN1C[C@@H](CCc2ccccc2Cl)[C@@H](CO)C1)c1ccc(O)cn1. The zero-order valence-corrected chi connectivity index (χ0v) is 15.9. The van der Waals surface area contributed by atoms with Crippen molar-refractivity contribution in [1.82, 2.24) is 9.88 Å². The highest BCUT2D eigenvalue weighted by Crippen LogP contribution is 2.30. The predicted molar refractivity (Wildman–Crippen MR) is 105 cm³/mol. The van der Waals surface area contributed by atoms with E-state index >= 15 is 0 Å². The Morgan fingerprint density at radius 3 is 2.65 bits per heavy atom. The molecule has 0 radical (unpaired) electrons. The van der Waals surface area contributed by atoms with Crippen molar-refractivity contribution >= 4 is 11.6 Å². The fraction of sp³-hybridized carbons (Fsp3) is 0.476. The molecule has 1 aromatic carbocycles. The molecule has 0 saturated carbocycles. The van der Waals surface area contributed by atoms with Crippen LogP contribution in [-0.2, 0) is 6.42 Å². The fourth-order valence-corrected chi connectivity index (χ4v) is 4.16. The van der Waals surface area contributed by atoms with E-state index in [9.17, 15) is 10.2 Å². The molecule has 0 aliphatic carbocycles.